The molecule has 2 aliphatic carbocycles. The Morgan fingerprint density at radius 2 is 1.33 bits per heavy atom. The molecule has 11 N–H and O–H groups in total. The second kappa shape index (κ2) is 19.9. The standard InChI is InChI=1S/C46H60N14O5S/c1-24(2)25-18-26(20-28(19-25)63-3)52-40-36(39(49)61)42-50-14-16-59(42)46(57-40)56-33-13-9-12-32(38(33)48)54-44(62)37-41(53-27-21-34(64-4)29(23-66-6)35(22-27)65-5)58-45(60-17-15-51-43(37)60)55-31-11-8-7-10-30(31)47/h14-22,24,30-33,38,52-53H,7-13,23,47-48H2,1-6H3,(H2,49,61)(H,54,62)(H,55,58)(H,56,57)/t30-,31+,32?,33+,38-/m1/s1. The number of rotatable bonds is 17. The normalized spacial score (nSPS) is 19.7. The Kier molecular flexibility index (Phi) is 13.9. The van der Waals surface area contributed by atoms with Crippen molar-refractivity contribution >= 4 is 69.8 Å². The number of aromatic nitrogens is 6. The second-order valence-corrected chi connectivity index (χ2v) is 18.0. The zero-order valence-corrected chi connectivity index (χ0v) is 39.0. The zero-order valence-electron chi connectivity index (χ0n) is 38.2. The van der Waals surface area contributed by atoms with E-state index in [0.717, 1.165) is 43.2 Å². The van der Waals surface area contributed by atoms with Crippen LogP contribution in [-0.2, 0) is 5.75 Å². The average Bonchev–Trinajstić information content (AvgIpc) is 4.00. The van der Waals surface area contributed by atoms with Gasteiger partial charge >= 0.3 is 0 Å². The van der Waals surface area contributed by atoms with Crippen molar-refractivity contribution < 1.29 is 23.8 Å². The molecule has 8 rings (SSSR count). The van der Waals surface area contributed by atoms with Crippen LogP contribution in [0.1, 0.15) is 96.6 Å². The first-order valence-corrected chi connectivity index (χ1v) is 23.7. The van der Waals surface area contributed by atoms with Crippen molar-refractivity contribution in [3.05, 3.63) is 77.4 Å². The lowest BCUT2D eigenvalue weighted by atomic mass is 9.86. The Morgan fingerprint density at radius 1 is 0.758 bits per heavy atom. The topological polar surface area (TPSA) is 260 Å². The minimum Gasteiger partial charge on any atom is -0.497 e. The maximum absolute atomic E-state index is 14.9. The van der Waals surface area contributed by atoms with Gasteiger partial charge in [-0.05, 0) is 62.0 Å². The molecule has 5 atom stereocenters. The number of nitrogens with one attached hydrogen (secondary N) is 5. The Morgan fingerprint density at radius 3 is 1.92 bits per heavy atom. The van der Waals surface area contributed by atoms with Crippen molar-refractivity contribution in [1.82, 2.24) is 34.1 Å². The number of primary amides is 1. The molecule has 1 unspecified atom stereocenters. The van der Waals surface area contributed by atoms with Crippen molar-refractivity contribution in [2.24, 2.45) is 17.2 Å². The van der Waals surface area contributed by atoms with E-state index in [1.54, 1.807) is 66.7 Å². The van der Waals surface area contributed by atoms with Gasteiger partial charge in [0.05, 0.1) is 21.3 Å². The van der Waals surface area contributed by atoms with E-state index < -0.39 is 23.9 Å². The van der Waals surface area contributed by atoms with Gasteiger partial charge < -0.3 is 58.0 Å². The molecule has 2 saturated carbocycles. The van der Waals surface area contributed by atoms with Gasteiger partial charge in [0.15, 0.2) is 22.9 Å². The van der Waals surface area contributed by atoms with Crippen LogP contribution in [0.4, 0.5) is 34.9 Å². The van der Waals surface area contributed by atoms with E-state index >= 15 is 0 Å². The van der Waals surface area contributed by atoms with Gasteiger partial charge in [0, 0.05) is 95.9 Å². The van der Waals surface area contributed by atoms with Gasteiger partial charge in [0.25, 0.3) is 11.8 Å². The van der Waals surface area contributed by atoms with Gasteiger partial charge in [-0.25, -0.2) is 9.97 Å². The number of carbonyl (C=O) groups excluding carboxylic acids is 2. The predicted molar refractivity (Wildman–Crippen MR) is 259 cm³/mol. The van der Waals surface area contributed by atoms with Gasteiger partial charge in [-0.2, -0.15) is 21.7 Å². The summed E-state index contributed by atoms with van der Waals surface area (Å²) in [5.74, 6) is 3.07. The summed E-state index contributed by atoms with van der Waals surface area (Å²) < 4.78 is 20.7. The number of thioether (sulfide) groups is 1. The van der Waals surface area contributed by atoms with E-state index in [-0.39, 0.29) is 46.8 Å². The summed E-state index contributed by atoms with van der Waals surface area (Å²) >= 11 is 1.65. The molecule has 2 fully saturated rings. The molecule has 20 heteroatoms. The number of nitrogens with zero attached hydrogens (tertiary/aromatic N) is 6. The molecule has 0 spiro atoms. The lowest BCUT2D eigenvalue weighted by Gasteiger charge is -2.37. The zero-order chi connectivity index (χ0) is 46.6. The molecule has 4 aromatic heterocycles. The third-order valence-corrected chi connectivity index (χ3v) is 13.1. The maximum atomic E-state index is 14.9. The van der Waals surface area contributed by atoms with E-state index in [0.29, 0.717) is 70.4 Å². The molecule has 0 aliphatic heterocycles. The summed E-state index contributed by atoms with van der Waals surface area (Å²) in [6, 6.07) is 8.03. The number of nitrogens with two attached hydrogens (primary N) is 3. The molecular weight excluding hydrogens is 861 g/mol. The Labute approximate surface area is 387 Å². The molecule has 2 aliphatic rings. The van der Waals surface area contributed by atoms with Crippen LogP contribution in [0.25, 0.3) is 11.3 Å². The first kappa shape index (κ1) is 46.0. The van der Waals surface area contributed by atoms with Gasteiger partial charge in [-0.3, -0.25) is 18.4 Å². The van der Waals surface area contributed by atoms with Gasteiger partial charge in [-0.15, -0.1) is 0 Å². The van der Waals surface area contributed by atoms with E-state index in [4.69, 9.17) is 46.4 Å². The number of hydrogen-bond acceptors (Lipinski definition) is 16. The molecule has 66 heavy (non-hydrogen) atoms. The fourth-order valence-corrected chi connectivity index (χ4v) is 9.59. The summed E-state index contributed by atoms with van der Waals surface area (Å²) in [6.45, 7) is 4.17. The van der Waals surface area contributed by atoms with Crippen LogP contribution in [0.2, 0.25) is 0 Å². The first-order chi connectivity index (χ1) is 31.9. The fourth-order valence-electron chi connectivity index (χ4n) is 9.01. The molecule has 0 saturated heterocycles. The Balaban J connectivity index is 1.11. The molecule has 350 valence electrons. The lowest BCUT2D eigenvalue weighted by Crippen LogP contribution is -2.58. The monoisotopic (exact) mass is 920 g/mol. The number of fused-ring (bicyclic) bond motifs is 2. The van der Waals surface area contributed by atoms with E-state index in [2.05, 4.69) is 45.4 Å². The van der Waals surface area contributed by atoms with Crippen molar-refractivity contribution in [2.45, 2.75) is 101 Å². The van der Waals surface area contributed by atoms with Crippen LogP contribution in [0.15, 0.2) is 55.1 Å². The molecular formula is C46H60N14O5S. The van der Waals surface area contributed by atoms with Crippen LogP contribution in [0, 0.1) is 0 Å². The third-order valence-electron chi connectivity index (χ3n) is 12.5. The molecule has 2 amide bonds. The quantitative estimate of drug-likeness (QED) is 0.0511. The van der Waals surface area contributed by atoms with Gasteiger partial charge in [0.1, 0.15) is 28.4 Å². The Hall–Kier alpha value is -6.51. The highest BCUT2D eigenvalue weighted by atomic mass is 32.2. The average molecular weight is 921 g/mol. The third kappa shape index (κ3) is 9.43. The summed E-state index contributed by atoms with van der Waals surface area (Å²) in [5.41, 5.74) is 23.9. The van der Waals surface area contributed by atoms with Crippen LogP contribution in [0.5, 0.6) is 17.2 Å². The van der Waals surface area contributed by atoms with E-state index in [1.807, 2.05) is 36.6 Å². The second-order valence-electron chi connectivity index (χ2n) is 17.2. The molecule has 0 radical (unpaired) electrons. The maximum Gasteiger partial charge on any atom is 0.259 e. The largest absolute Gasteiger partial charge is 0.497 e. The van der Waals surface area contributed by atoms with Crippen molar-refractivity contribution in [3.8, 4) is 17.2 Å². The molecule has 4 heterocycles. The number of carbonyl (C=O) groups is 2. The van der Waals surface area contributed by atoms with Crippen molar-refractivity contribution in [1.29, 1.82) is 0 Å². The van der Waals surface area contributed by atoms with Crippen molar-refractivity contribution in [3.63, 3.8) is 0 Å². The highest BCUT2D eigenvalue weighted by Crippen LogP contribution is 2.38. The summed E-state index contributed by atoms with van der Waals surface area (Å²) in [7, 11) is 4.84. The SMILES string of the molecule is COc1cc(Nc2nc(N[C@H]3CCCC(NC(=O)c4c(Nc5cc(OC)c(CSC)c(OC)c5)nc(N[C@H]5CCCC[C@H]5N)n5ccnc45)[C@H]3N)n3ccnc3c2C(N)=O)cc(C(C)C)c1. The summed E-state index contributed by atoms with van der Waals surface area (Å²) in [5, 5.41) is 17.1. The highest BCUT2D eigenvalue weighted by molar-refractivity contribution is 7.97. The number of methoxy groups -OCH3 is 3. The summed E-state index contributed by atoms with van der Waals surface area (Å²) in [6.07, 6.45) is 14.7. The molecule has 0 bridgehead atoms. The van der Waals surface area contributed by atoms with E-state index in [1.165, 1.54) is 0 Å². The smallest absolute Gasteiger partial charge is 0.259 e. The minimum absolute atomic E-state index is 0.0171. The number of anilines is 6. The molecule has 6 aromatic rings. The van der Waals surface area contributed by atoms with Crippen molar-refractivity contribution in [2.75, 3.05) is 48.9 Å². The molecule has 19 nitrogen and oxygen atoms in total. The van der Waals surface area contributed by atoms with Crippen LogP contribution in [0.3, 0.4) is 0 Å². The lowest BCUT2D eigenvalue weighted by molar-refractivity contribution is 0.0920. The number of imidazole rings is 2. The number of ether oxygens (including phenoxy) is 3. The van der Waals surface area contributed by atoms with Crippen LogP contribution in [-0.4, -0.2) is 98.3 Å². The van der Waals surface area contributed by atoms with Gasteiger partial charge in [-0.1, -0.05) is 26.7 Å². The number of hydrogen-bond donors (Lipinski definition) is 8. The van der Waals surface area contributed by atoms with Crippen LogP contribution < -0.4 is 58.0 Å². The Bertz CT molecular complexity index is 2700. The first-order valence-electron chi connectivity index (χ1n) is 22.3. The molecule has 2 aromatic carbocycles. The minimum atomic E-state index is -0.695. The predicted octanol–water partition coefficient (Wildman–Crippen LogP) is 6.14. The summed E-state index contributed by atoms with van der Waals surface area (Å²) in [4.78, 5) is 47.0. The number of benzene rings is 2. The highest BCUT2D eigenvalue weighted by Gasteiger charge is 2.35. The van der Waals surface area contributed by atoms with Gasteiger partial charge in [0.2, 0.25) is 11.9 Å². The number of amides is 2. The van der Waals surface area contributed by atoms with Crippen LogP contribution >= 0.6 is 11.8 Å². The fraction of sp³-hybridized carbons (Fsp3) is 0.435. The van der Waals surface area contributed by atoms with E-state index in [9.17, 15) is 9.59 Å².